The maximum absolute atomic E-state index is 13.6. The number of nitrogens with zero attached hydrogens (tertiary/aromatic N) is 3. The molecule has 352 valence electrons. The van der Waals surface area contributed by atoms with Crippen LogP contribution in [0.25, 0.3) is 5.57 Å². The number of carboxylic acid groups (broad SMARTS) is 1. The molecule has 10 nitrogen and oxygen atoms in total. The van der Waals surface area contributed by atoms with Crippen LogP contribution < -0.4 is 20.1 Å². The van der Waals surface area contributed by atoms with Crippen LogP contribution in [0.5, 0.6) is 5.75 Å². The molecular weight excluding hydrogens is 883 g/mol. The van der Waals surface area contributed by atoms with Crippen molar-refractivity contribution in [2.24, 2.45) is 11.3 Å². The van der Waals surface area contributed by atoms with Gasteiger partial charge in [0.1, 0.15) is 27.9 Å². The van der Waals surface area contributed by atoms with Crippen LogP contribution in [0.4, 0.5) is 36.8 Å². The average Bonchev–Trinajstić information content (AvgIpc) is 3.21. The zero-order valence-corrected chi connectivity index (χ0v) is 38.8. The number of nitrogens with one attached hydrogen (secondary N) is 1. The molecule has 0 atom stereocenters. The monoisotopic (exact) mass is 937 g/mol. The van der Waals surface area contributed by atoms with Crippen molar-refractivity contribution in [3.8, 4) is 5.75 Å². The molecule has 7 rings (SSSR count). The number of allylic oxidation sites excluding steroid dienone is 5. The first-order valence-electron chi connectivity index (χ1n) is 22.0. The maximum atomic E-state index is 13.6. The summed E-state index contributed by atoms with van der Waals surface area (Å²) in [4.78, 5) is 41.5. The van der Waals surface area contributed by atoms with Gasteiger partial charge >= 0.3 is 24.4 Å². The van der Waals surface area contributed by atoms with E-state index in [-0.39, 0.29) is 35.9 Å². The van der Waals surface area contributed by atoms with E-state index >= 15 is 0 Å². The van der Waals surface area contributed by atoms with E-state index in [4.69, 9.17) is 4.74 Å². The lowest BCUT2D eigenvalue weighted by Gasteiger charge is -2.58. The Hall–Kier alpha value is -5.84. The first-order valence-corrected chi connectivity index (χ1v) is 25.0. The molecule has 0 aromatic heterocycles. The van der Waals surface area contributed by atoms with Crippen LogP contribution in [-0.4, -0.2) is 119 Å². The van der Waals surface area contributed by atoms with Gasteiger partial charge in [0.15, 0.2) is 5.71 Å². The fourth-order valence-electron chi connectivity index (χ4n) is 9.72. The Morgan fingerprint density at radius 1 is 0.924 bits per heavy atom. The highest BCUT2D eigenvalue weighted by atomic mass is 28.3. The number of aromatic carboxylic acids is 1. The molecule has 2 heterocycles. The van der Waals surface area contributed by atoms with Gasteiger partial charge in [-0.1, -0.05) is 37.4 Å². The van der Waals surface area contributed by atoms with Crippen molar-refractivity contribution in [2.45, 2.75) is 70.1 Å². The summed E-state index contributed by atoms with van der Waals surface area (Å²) >= 11 is 0. The quantitative estimate of drug-likeness (QED) is 0.0720. The van der Waals surface area contributed by atoms with E-state index in [2.05, 4.69) is 56.9 Å². The second-order valence-electron chi connectivity index (χ2n) is 18.8. The van der Waals surface area contributed by atoms with Gasteiger partial charge in [-0.2, -0.15) is 26.3 Å². The third-order valence-electron chi connectivity index (χ3n) is 13.1. The minimum atomic E-state index is -5.76. The van der Waals surface area contributed by atoms with E-state index < -0.39 is 38.6 Å². The lowest BCUT2D eigenvalue weighted by atomic mass is 9.56. The Bertz CT molecular complexity index is 2510. The second kappa shape index (κ2) is 18.4. The van der Waals surface area contributed by atoms with Crippen molar-refractivity contribution in [1.29, 1.82) is 0 Å². The fraction of sp³-hybridized carbons (Fsp3) is 0.429. The van der Waals surface area contributed by atoms with Gasteiger partial charge in [-0.25, -0.2) is 14.2 Å². The van der Waals surface area contributed by atoms with Gasteiger partial charge in [-0.15, -0.1) is 0 Å². The summed E-state index contributed by atoms with van der Waals surface area (Å²) < 4.78 is 89.2. The molecule has 0 bridgehead atoms. The van der Waals surface area contributed by atoms with Crippen molar-refractivity contribution in [3.63, 3.8) is 0 Å². The van der Waals surface area contributed by atoms with E-state index in [1.807, 2.05) is 64.6 Å². The Morgan fingerprint density at radius 2 is 1.62 bits per heavy atom. The van der Waals surface area contributed by atoms with Crippen LogP contribution >= 0.6 is 0 Å². The number of amides is 2. The highest BCUT2D eigenvalue weighted by Gasteiger charge is 2.61. The van der Waals surface area contributed by atoms with Crippen LogP contribution in [0.15, 0.2) is 89.7 Å². The number of rotatable bonds is 14. The lowest BCUT2D eigenvalue weighted by molar-refractivity contribution is -0.462. The molecule has 4 aliphatic rings. The average molecular weight is 938 g/mol. The molecule has 66 heavy (non-hydrogen) atoms. The van der Waals surface area contributed by atoms with Crippen LogP contribution in [0.3, 0.4) is 0 Å². The fourth-order valence-corrected chi connectivity index (χ4v) is 12.8. The van der Waals surface area contributed by atoms with E-state index in [0.29, 0.717) is 56.4 Å². The van der Waals surface area contributed by atoms with Crippen LogP contribution in [0, 0.1) is 11.3 Å². The Morgan fingerprint density at radius 3 is 2.27 bits per heavy atom. The number of hydrogen-bond donors (Lipinski definition) is 2. The van der Waals surface area contributed by atoms with Crippen molar-refractivity contribution < 1.29 is 59.9 Å². The number of carbonyl (C=O) groups is 3. The van der Waals surface area contributed by atoms with Crippen molar-refractivity contribution in [1.82, 2.24) is 10.2 Å². The normalized spacial score (nSPS) is 17.4. The molecule has 17 heteroatoms. The lowest BCUT2D eigenvalue weighted by Crippen LogP contribution is -2.64. The summed E-state index contributed by atoms with van der Waals surface area (Å²) in [6.07, 6.45) is -6.81. The molecule has 3 aromatic rings. The Kier molecular flexibility index (Phi) is 13.4. The van der Waals surface area contributed by atoms with Crippen molar-refractivity contribution in [2.75, 3.05) is 59.3 Å². The SMILES string of the molecule is CN(C)c1ccc2c(c1)[Si](C)(C)C1=CC(=[N+](C)C)C=CC1=C2c1cc(C(=O)NCCCCCOc2ccccc2CC2CC3(C2)CN(C(=O)OC(C(F)(F)F)C(F)(F)F)C3)ccc1C(=O)O. The number of fused-ring (bicyclic) bond motifs is 2. The van der Waals surface area contributed by atoms with Crippen molar-refractivity contribution >= 4 is 48.2 Å². The third kappa shape index (κ3) is 9.95. The molecule has 3 aromatic carbocycles. The summed E-state index contributed by atoms with van der Waals surface area (Å²) in [6.45, 7) is 5.55. The minimum Gasteiger partial charge on any atom is -0.493 e. The van der Waals surface area contributed by atoms with Gasteiger partial charge in [0.2, 0.25) is 0 Å². The molecule has 1 saturated heterocycles. The van der Waals surface area contributed by atoms with Crippen molar-refractivity contribution in [3.05, 3.63) is 117 Å². The summed E-state index contributed by atoms with van der Waals surface area (Å²) in [7, 11) is 5.70. The van der Waals surface area contributed by atoms with Crippen LogP contribution in [0.2, 0.25) is 13.1 Å². The Labute approximate surface area is 381 Å². The Balaban J connectivity index is 0.925. The first kappa shape index (κ1) is 48.1. The maximum Gasteiger partial charge on any atom is 0.434 e. The van der Waals surface area contributed by atoms with Gasteiger partial charge in [-0.05, 0) is 125 Å². The number of unbranched alkanes of at least 4 members (excludes halogenated alkanes) is 2. The largest absolute Gasteiger partial charge is 0.493 e. The predicted octanol–water partition coefficient (Wildman–Crippen LogP) is 8.79. The number of carbonyl (C=O) groups excluding carboxylic acids is 2. The number of anilines is 1. The molecule has 2 fully saturated rings. The topological polar surface area (TPSA) is 111 Å². The zero-order chi connectivity index (χ0) is 47.9. The molecule has 2 N–H and O–H groups in total. The number of halogens is 6. The molecule has 0 radical (unpaired) electrons. The summed E-state index contributed by atoms with van der Waals surface area (Å²) in [5.74, 6) is -0.459. The number of likely N-dealkylation sites (tertiary alicyclic amines) is 1. The number of ether oxygens (including phenoxy) is 2. The third-order valence-corrected chi connectivity index (χ3v) is 16.6. The van der Waals surface area contributed by atoms with Crippen LogP contribution in [0.1, 0.15) is 69.5 Å². The smallest absolute Gasteiger partial charge is 0.434 e. The predicted molar refractivity (Wildman–Crippen MR) is 243 cm³/mol. The summed E-state index contributed by atoms with van der Waals surface area (Å²) in [6, 6.07) is 18.7. The molecule has 2 aliphatic heterocycles. The van der Waals surface area contributed by atoms with E-state index in [9.17, 15) is 45.8 Å². The second-order valence-corrected chi connectivity index (χ2v) is 23.1. The minimum absolute atomic E-state index is 0.0427. The number of carboxylic acids is 1. The van der Waals surface area contributed by atoms with Gasteiger partial charge in [0.05, 0.1) is 12.2 Å². The van der Waals surface area contributed by atoms with Crippen LogP contribution in [-0.2, 0) is 11.2 Å². The van der Waals surface area contributed by atoms with Gasteiger partial charge in [-0.3, -0.25) is 4.79 Å². The zero-order valence-electron chi connectivity index (χ0n) is 37.8. The summed E-state index contributed by atoms with van der Waals surface area (Å²) in [5, 5.41) is 15.8. The highest BCUT2D eigenvalue weighted by Crippen LogP contribution is 2.54. The molecule has 2 aliphatic carbocycles. The molecule has 1 spiro atoms. The first-order chi connectivity index (χ1) is 31.0. The van der Waals surface area contributed by atoms with E-state index in [1.165, 1.54) is 16.4 Å². The van der Waals surface area contributed by atoms with Gasteiger partial charge in [0, 0.05) is 62.5 Å². The number of alkyl halides is 6. The number of benzene rings is 3. The number of para-hydroxylation sites is 1. The number of hydrogen-bond acceptors (Lipinski definition) is 6. The van der Waals surface area contributed by atoms with E-state index in [0.717, 1.165) is 50.7 Å². The molecule has 0 unspecified atom stereocenters. The molecular formula is C49H55F6N4O6Si+. The van der Waals surface area contributed by atoms with Gasteiger partial charge in [0.25, 0.3) is 12.0 Å². The molecule has 2 amide bonds. The highest BCUT2D eigenvalue weighted by molar-refractivity contribution is 6.98. The molecule has 1 saturated carbocycles. The standard InChI is InChI=1S/C49H54F6N4O6Si/c1-57(2)33-15-18-36-40(24-33)66(5,6)41-25-34(58(3)4)16-19-37(41)42(36)38-23-32(14-17-35(38)44(61)62)43(60)56-20-10-7-11-21-64-39-13-9-8-12-31(39)22-30-26-47(27-30)28-59(29-47)46(63)65-45(48(50,51)52)49(53,54)55/h8-9,12-19,23-25,30,45H,7,10-11,20-22,26-29H2,1-6H3,(H-,56,60,61,62)/p+1. The van der Waals surface area contributed by atoms with E-state index in [1.54, 1.807) is 12.1 Å². The summed E-state index contributed by atoms with van der Waals surface area (Å²) in [5.41, 5.74) is 6.42. The van der Waals surface area contributed by atoms with Gasteiger partial charge < -0.3 is 29.7 Å².